The van der Waals surface area contributed by atoms with Gasteiger partial charge in [0.1, 0.15) is 23.7 Å². The zero-order valence-corrected chi connectivity index (χ0v) is 22.0. The van der Waals surface area contributed by atoms with E-state index in [1.54, 1.807) is 24.3 Å². The van der Waals surface area contributed by atoms with E-state index in [2.05, 4.69) is 31.3 Å². The molecule has 1 aliphatic heterocycles. The number of nitrogens with one attached hydrogen (secondary N) is 1. The zero-order valence-electron chi connectivity index (χ0n) is 22.0. The lowest BCUT2D eigenvalue weighted by atomic mass is 9.99. The molecule has 0 aliphatic carbocycles. The summed E-state index contributed by atoms with van der Waals surface area (Å²) in [6.07, 6.45) is 1.50. The molecule has 1 fully saturated rings. The number of hydrogen-bond acceptors (Lipinski definition) is 5. The summed E-state index contributed by atoms with van der Waals surface area (Å²) in [5.41, 5.74) is 4.10. The zero-order chi connectivity index (χ0) is 27.5. The van der Waals surface area contributed by atoms with Gasteiger partial charge in [0, 0.05) is 5.56 Å². The first kappa shape index (κ1) is 25.7. The molecule has 0 atom stereocenters. The molecule has 0 radical (unpaired) electrons. The van der Waals surface area contributed by atoms with E-state index in [9.17, 15) is 14.4 Å². The van der Waals surface area contributed by atoms with Gasteiger partial charge in [-0.1, -0.05) is 48.5 Å². The standard InChI is InChI=1S/C32H28N2O5/c1-4-38-25-14-12-24(13-15-25)34-31(36)28(30(35)33-32(34)37)18-27-26-8-6-5-7-23(26)11-16-29(27)39-19-22-10-9-20(2)21(3)17-22/h5-18H,4,19H2,1-3H3,(H,33,35,37)/b28-18+. The first-order valence-electron chi connectivity index (χ1n) is 12.7. The third-order valence-electron chi connectivity index (χ3n) is 6.69. The smallest absolute Gasteiger partial charge is 0.335 e. The summed E-state index contributed by atoms with van der Waals surface area (Å²) in [5.74, 6) is -0.356. The molecule has 1 heterocycles. The average Bonchev–Trinajstić information content (AvgIpc) is 2.93. The van der Waals surface area contributed by atoms with E-state index in [0.29, 0.717) is 36.0 Å². The monoisotopic (exact) mass is 520 g/mol. The summed E-state index contributed by atoms with van der Waals surface area (Å²) >= 11 is 0. The SMILES string of the molecule is CCOc1ccc(N2C(=O)NC(=O)/C(=C\c3c(OCc4ccc(C)c(C)c4)ccc4ccccc34)C2=O)cc1. The number of ether oxygens (including phenoxy) is 2. The Balaban J connectivity index is 1.54. The largest absolute Gasteiger partial charge is 0.494 e. The van der Waals surface area contributed by atoms with Crippen LogP contribution in [-0.4, -0.2) is 24.5 Å². The Labute approximate surface area is 226 Å². The molecule has 5 rings (SSSR count). The number of carbonyl (C=O) groups is 3. The molecule has 0 unspecified atom stereocenters. The van der Waals surface area contributed by atoms with Crippen molar-refractivity contribution in [1.82, 2.24) is 5.32 Å². The van der Waals surface area contributed by atoms with Crippen LogP contribution < -0.4 is 19.7 Å². The Hall–Kier alpha value is -4.91. The molecule has 0 spiro atoms. The summed E-state index contributed by atoms with van der Waals surface area (Å²) in [5, 5.41) is 4.03. The van der Waals surface area contributed by atoms with Gasteiger partial charge in [0.15, 0.2) is 0 Å². The molecule has 7 nitrogen and oxygen atoms in total. The van der Waals surface area contributed by atoms with Crippen molar-refractivity contribution < 1.29 is 23.9 Å². The van der Waals surface area contributed by atoms with E-state index in [-0.39, 0.29) is 5.57 Å². The quantitative estimate of drug-likeness (QED) is 0.235. The molecule has 0 bridgehead atoms. The maximum atomic E-state index is 13.6. The number of nitrogens with zero attached hydrogens (tertiary/aromatic N) is 1. The number of fused-ring (bicyclic) bond motifs is 1. The third-order valence-corrected chi connectivity index (χ3v) is 6.69. The molecular formula is C32H28N2O5. The van der Waals surface area contributed by atoms with Crippen LogP contribution in [0.4, 0.5) is 10.5 Å². The Morgan fingerprint density at radius 3 is 2.36 bits per heavy atom. The fraction of sp³-hybridized carbons (Fsp3) is 0.156. The van der Waals surface area contributed by atoms with Crippen molar-refractivity contribution in [3.05, 3.63) is 107 Å². The Kier molecular flexibility index (Phi) is 7.14. The van der Waals surface area contributed by atoms with E-state index in [0.717, 1.165) is 21.2 Å². The van der Waals surface area contributed by atoms with Crippen LogP contribution >= 0.6 is 0 Å². The summed E-state index contributed by atoms with van der Waals surface area (Å²) in [4.78, 5) is 40.1. The number of amides is 4. The first-order valence-corrected chi connectivity index (χ1v) is 12.7. The molecule has 0 aromatic heterocycles. The van der Waals surface area contributed by atoms with Crippen LogP contribution in [0.2, 0.25) is 0 Å². The second kappa shape index (κ2) is 10.8. The fourth-order valence-corrected chi connectivity index (χ4v) is 4.50. The van der Waals surface area contributed by atoms with E-state index in [1.165, 1.54) is 17.2 Å². The summed E-state index contributed by atoms with van der Waals surface area (Å²) in [7, 11) is 0. The molecule has 0 saturated carbocycles. The number of barbiturate groups is 1. The predicted molar refractivity (Wildman–Crippen MR) is 151 cm³/mol. The van der Waals surface area contributed by atoms with Gasteiger partial charge in [-0.3, -0.25) is 14.9 Å². The normalized spacial score (nSPS) is 14.6. The van der Waals surface area contributed by atoms with Crippen molar-refractivity contribution in [3.8, 4) is 11.5 Å². The second-order valence-corrected chi connectivity index (χ2v) is 9.29. The fourth-order valence-electron chi connectivity index (χ4n) is 4.50. The van der Waals surface area contributed by atoms with Gasteiger partial charge in [0.05, 0.1) is 12.3 Å². The van der Waals surface area contributed by atoms with Crippen LogP contribution in [0.25, 0.3) is 16.8 Å². The molecule has 39 heavy (non-hydrogen) atoms. The van der Waals surface area contributed by atoms with Gasteiger partial charge in [-0.2, -0.15) is 0 Å². The molecule has 1 aliphatic rings. The van der Waals surface area contributed by atoms with Crippen molar-refractivity contribution in [2.75, 3.05) is 11.5 Å². The lowest BCUT2D eigenvalue weighted by Crippen LogP contribution is -2.54. The van der Waals surface area contributed by atoms with Gasteiger partial charge in [-0.25, -0.2) is 9.69 Å². The average molecular weight is 521 g/mol. The predicted octanol–water partition coefficient (Wildman–Crippen LogP) is 6.10. The molecule has 196 valence electrons. The van der Waals surface area contributed by atoms with Crippen LogP contribution in [-0.2, 0) is 16.2 Å². The highest BCUT2D eigenvalue weighted by Gasteiger charge is 2.37. The first-order chi connectivity index (χ1) is 18.9. The summed E-state index contributed by atoms with van der Waals surface area (Å²) in [6.45, 7) is 6.78. The minimum absolute atomic E-state index is 0.170. The minimum Gasteiger partial charge on any atom is -0.494 e. The number of hydrogen-bond donors (Lipinski definition) is 1. The number of carbonyl (C=O) groups excluding carboxylic acids is 3. The van der Waals surface area contributed by atoms with Gasteiger partial charge in [-0.05, 0) is 84.6 Å². The van der Waals surface area contributed by atoms with Gasteiger partial charge < -0.3 is 9.47 Å². The van der Waals surface area contributed by atoms with Crippen LogP contribution in [0.3, 0.4) is 0 Å². The number of rotatable bonds is 7. The Bertz CT molecular complexity index is 1620. The van der Waals surface area contributed by atoms with Crippen molar-refractivity contribution >= 4 is 40.4 Å². The lowest BCUT2D eigenvalue weighted by Gasteiger charge is -2.26. The van der Waals surface area contributed by atoms with Crippen LogP contribution in [0.15, 0.2) is 84.4 Å². The number of anilines is 1. The molecule has 4 aromatic carbocycles. The number of aryl methyl sites for hydroxylation is 2. The second-order valence-electron chi connectivity index (χ2n) is 9.29. The molecule has 7 heteroatoms. The van der Waals surface area contributed by atoms with Gasteiger partial charge >= 0.3 is 6.03 Å². The Morgan fingerprint density at radius 2 is 1.62 bits per heavy atom. The highest BCUT2D eigenvalue weighted by Crippen LogP contribution is 2.32. The molecule has 1 N–H and O–H groups in total. The number of benzene rings is 4. The summed E-state index contributed by atoms with van der Waals surface area (Å²) < 4.78 is 11.7. The van der Waals surface area contributed by atoms with Crippen LogP contribution in [0.5, 0.6) is 11.5 Å². The van der Waals surface area contributed by atoms with Crippen molar-refractivity contribution in [3.63, 3.8) is 0 Å². The van der Waals surface area contributed by atoms with Gasteiger partial charge in [0.2, 0.25) is 0 Å². The van der Waals surface area contributed by atoms with Crippen molar-refractivity contribution in [1.29, 1.82) is 0 Å². The van der Waals surface area contributed by atoms with Crippen LogP contribution in [0, 0.1) is 13.8 Å². The maximum absolute atomic E-state index is 13.6. The van der Waals surface area contributed by atoms with Crippen molar-refractivity contribution in [2.24, 2.45) is 0 Å². The highest BCUT2D eigenvalue weighted by atomic mass is 16.5. The van der Waals surface area contributed by atoms with E-state index < -0.39 is 17.8 Å². The van der Waals surface area contributed by atoms with Gasteiger partial charge in [0.25, 0.3) is 11.8 Å². The highest BCUT2D eigenvalue weighted by molar-refractivity contribution is 6.39. The van der Waals surface area contributed by atoms with Crippen molar-refractivity contribution in [2.45, 2.75) is 27.4 Å². The molecule has 4 aromatic rings. The van der Waals surface area contributed by atoms with Crippen LogP contribution in [0.1, 0.15) is 29.2 Å². The summed E-state index contributed by atoms with van der Waals surface area (Å²) in [6, 6.07) is 23.3. The maximum Gasteiger partial charge on any atom is 0.335 e. The van der Waals surface area contributed by atoms with E-state index in [4.69, 9.17) is 9.47 Å². The van der Waals surface area contributed by atoms with E-state index in [1.807, 2.05) is 49.4 Å². The topological polar surface area (TPSA) is 84.9 Å². The third kappa shape index (κ3) is 5.25. The van der Waals surface area contributed by atoms with Gasteiger partial charge in [-0.15, -0.1) is 0 Å². The molecular weight excluding hydrogens is 492 g/mol. The lowest BCUT2D eigenvalue weighted by molar-refractivity contribution is -0.122. The number of urea groups is 1. The number of imide groups is 2. The molecule has 1 saturated heterocycles. The minimum atomic E-state index is -0.810. The Morgan fingerprint density at radius 1 is 0.846 bits per heavy atom. The molecule has 4 amide bonds. The van der Waals surface area contributed by atoms with E-state index >= 15 is 0 Å².